The molecule has 0 heterocycles. The minimum Gasteiger partial charge on any atom is -0.484 e. The summed E-state index contributed by atoms with van der Waals surface area (Å²) < 4.78 is 11.9. The fraction of sp³-hybridized carbons (Fsp3) is 0.182. The third kappa shape index (κ3) is 4.01. The Morgan fingerprint density at radius 1 is 0.640 bits per heavy atom. The zero-order valence-corrected chi connectivity index (χ0v) is 14.3. The molecule has 25 heavy (non-hydrogen) atoms. The Labute approximate surface area is 148 Å². The van der Waals surface area contributed by atoms with E-state index in [2.05, 4.69) is 36.4 Å². The molecular formula is C22H22O3. The molecule has 0 saturated carbocycles. The fourth-order valence-corrected chi connectivity index (χ4v) is 2.57. The number of aliphatic hydroxyl groups is 1. The van der Waals surface area contributed by atoms with Crippen molar-refractivity contribution >= 4 is 0 Å². The lowest BCUT2D eigenvalue weighted by Crippen LogP contribution is -2.09. The summed E-state index contributed by atoms with van der Waals surface area (Å²) in [5.74, 6) is 1.77. The van der Waals surface area contributed by atoms with Gasteiger partial charge < -0.3 is 14.6 Å². The fourth-order valence-electron chi connectivity index (χ4n) is 2.57. The molecule has 0 fully saturated rings. The van der Waals surface area contributed by atoms with Gasteiger partial charge in [-0.3, -0.25) is 0 Å². The minimum absolute atomic E-state index is 0.250. The molecule has 3 nitrogen and oxygen atoms in total. The third-order valence-corrected chi connectivity index (χ3v) is 3.85. The van der Waals surface area contributed by atoms with E-state index in [4.69, 9.17) is 14.6 Å². The van der Waals surface area contributed by atoms with E-state index in [-0.39, 0.29) is 6.61 Å². The molecular weight excluding hydrogens is 312 g/mol. The van der Waals surface area contributed by atoms with Crippen molar-refractivity contribution in [1.29, 1.82) is 0 Å². The van der Waals surface area contributed by atoms with E-state index in [9.17, 15) is 0 Å². The molecule has 0 unspecified atom stereocenters. The summed E-state index contributed by atoms with van der Waals surface area (Å²) in [7, 11) is 0. The summed E-state index contributed by atoms with van der Waals surface area (Å²) >= 11 is 0. The molecule has 0 radical (unpaired) electrons. The lowest BCUT2D eigenvalue weighted by molar-refractivity contribution is 0.251. The molecule has 0 amide bonds. The van der Waals surface area contributed by atoms with Crippen LogP contribution in [0.25, 0.3) is 11.1 Å². The van der Waals surface area contributed by atoms with Crippen LogP contribution in [0.4, 0.5) is 0 Å². The summed E-state index contributed by atoms with van der Waals surface area (Å²) in [5, 5.41) is 7.57. The first-order valence-electron chi connectivity index (χ1n) is 8.45. The van der Waals surface area contributed by atoms with E-state index in [0.29, 0.717) is 13.2 Å². The summed E-state index contributed by atoms with van der Waals surface area (Å²) in [6, 6.07) is 24.5. The molecule has 0 aromatic heterocycles. The molecule has 0 aliphatic heterocycles. The van der Waals surface area contributed by atoms with E-state index < -0.39 is 0 Å². The number of rotatable bonds is 6. The van der Waals surface area contributed by atoms with Crippen LogP contribution in [0.2, 0.25) is 0 Å². The molecule has 2 aromatic rings. The van der Waals surface area contributed by atoms with Crippen LogP contribution in [-0.2, 0) is 13.2 Å². The van der Waals surface area contributed by atoms with Gasteiger partial charge in [-0.2, -0.15) is 0 Å². The zero-order chi connectivity index (χ0) is 17.5. The molecule has 0 bridgehead atoms. The van der Waals surface area contributed by atoms with Gasteiger partial charge in [0.1, 0.15) is 13.2 Å². The quantitative estimate of drug-likeness (QED) is 0.549. The SMILES string of the molecule is CCO.c1ccc(COc2c3ccc-3c2OCc2ccccc2)cc1. The first-order chi connectivity index (χ1) is 12.3. The van der Waals surface area contributed by atoms with Crippen LogP contribution in [-0.4, -0.2) is 11.7 Å². The Hall–Kier alpha value is -2.78. The van der Waals surface area contributed by atoms with Crippen LogP contribution in [0.5, 0.6) is 11.5 Å². The highest BCUT2D eigenvalue weighted by Crippen LogP contribution is 2.55. The van der Waals surface area contributed by atoms with Gasteiger partial charge in [-0.1, -0.05) is 60.7 Å². The molecule has 4 rings (SSSR count). The van der Waals surface area contributed by atoms with Crippen LogP contribution in [0.15, 0.2) is 72.8 Å². The Morgan fingerprint density at radius 2 is 1.00 bits per heavy atom. The van der Waals surface area contributed by atoms with Crippen LogP contribution < -0.4 is 9.47 Å². The van der Waals surface area contributed by atoms with Gasteiger partial charge in [-0.05, 0) is 30.2 Å². The van der Waals surface area contributed by atoms with Gasteiger partial charge in [0, 0.05) is 17.7 Å². The second-order valence-electron chi connectivity index (χ2n) is 5.68. The first kappa shape index (κ1) is 17.1. The molecule has 0 spiro atoms. The van der Waals surface area contributed by atoms with E-state index in [1.165, 1.54) is 11.1 Å². The Balaban J connectivity index is 0.000000569. The van der Waals surface area contributed by atoms with Crippen molar-refractivity contribution in [2.24, 2.45) is 0 Å². The summed E-state index contributed by atoms with van der Waals surface area (Å²) in [5.41, 5.74) is 4.68. The van der Waals surface area contributed by atoms with Crippen LogP contribution in [0, 0.1) is 0 Å². The standard InChI is InChI=1S/C20H16O2.C2H6O/c1-3-7-15(8-4-1)13-21-19-17-11-12-18(17)20(19)22-14-16-9-5-2-6-10-16;1-2-3/h1-12H,13-14H2;3H,2H2,1H3. The molecule has 128 valence electrons. The van der Waals surface area contributed by atoms with Gasteiger partial charge in [0.25, 0.3) is 0 Å². The van der Waals surface area contributed by atoms with E-state index >= 15 is 0 Å². The summed E-state index contributed by atoms with van der Waals surface area (Å²) in [6.07, 6.45) is 0. The monoisotopic (exact) mass is 334 g/mol. The highest BCUT2D eigenvalue weighted by Gasteiger charge is 2.29. The Morgan fingerprint density at radius 3 is 1.32 bits per heavy atom. The first-order valence-corrected chi connectivity index (χ1v) is 8.45. The zero-order valence-electron chi connectivity index (χ0n) is 14.3. The lowest BCUT2D eigenvalue weighted by atomic mass is 9.90. The van der Waals surface area contributed by atoms with Crippen molar-refractivity contribution in [1.82, 2.24) is 0 Å². The number of ether oxygens (including phenoxy) is 2. The largest absolute Gasteiger partial charge is 0.484 e. The Kier molecular flexibility index (Phi) is 5.70. The third-order valence-electron chi connectivity index (χ3n) is 3.85. The molecule has 1 N–H and O–H groups in total. The summed E-state index contributed by atoms with van der Waals surface area (Å²) in [4.78, 5) is 0. The summed E-state index contributed by atoms with van der Waals surface area (Å²) in [6.45, 7) is 3.07. The lowest BCUT2D eigenvalue weighted by Gasteiger charge is -2.27. The topological polar surface area (TPSA) is 38.7 Å². The number of hydrogen-bond donors (Lipinski definition) is 1. The van der Waals surface area contributed by atoms with Crippen LogP contribution >= 0.6 is 0 Å². The molecule has 0 saturated heterocycles. The second-order valence-corrected chi connectivity index (χ2v) is 5.68. The Bertz CT molecular complexity index is 730. The van der Waals surface area contributed by atoms with E-state index in [0.717, 1.165) is 22.6 Å². The highest BCUT2D eigenvalue weighted by molar-refractivity contribution is 5.93. The second kappa shape index (κ2) is 8.36. The number of benzene rings is 3. The normalized spacial score (nSPS) is 10.5. The van der Waals surface area contributed by atoms with Crippen molar-refractivity contribution in [3.8, 4) is 22.6 Å². The number of aliphatic hydroxyl groups excluding tert-OH is 1. The highest BCUT2D eigenvalue weighted by atomic mass is 16.5. The average Bonchev–Trinajstić information content (AvgIpc) is 2.63. The van der Waals surface area contributed by atoms with Crippen molar-refractivity contribution < 1.29 is 14.6 Å². The maximum Gasteiger partial charge on any atom is 0.170 e. The molecule has 3 heteroatoms. The van der Waals surface area contributed by atoms with Crippen LogP contribution in [0.1, 0.15) is 18.1 Å². The van der Waals surface area contributed by atoms with Gasteiger partial charge in [0.15, 0.2) is 11.5 Å². The van der Waals surface area contributed by atoms with Crippen molar-refractivity contribution in [3.63, 3.8) is 0 Å². The minimum atomic E-state index is 0.250. The van der Waals surface area contributed by atoms with Crippen molar-refractivity contribution in [3.05, 3.63) is 83.9 Å². The maximum atomic E-state index is 7.57. The number of fused-ring (bicyclic) bond motifs is 1. The van der Waals surface area contributed by atoms with E-state index in [1.807, 2.05) is 36.4 Å². The van der Waals surface area contributed by atoms with Gasteiger partial charge in [-0.25, -0.2) is 0 Å². The predicted molar refractivity (Wildman–Crippen MR) is 99.7 cm³/mol. The van der Waals surface area contributed by atoms with E-state index in [1.54, 1.807) is 6.92 Å². The predicted octanol–water partition coefficient (Wildman–Crippen LogP) is 4.82. The maximum absolute atomic E-state index is 7.57. The van der Waals surface area contributed by atoms with Crippen molar-refractivity contribution in [2.75, 3.05) is 6.61 Å². The van der Waals surface area contributed by atoms with Crippen molar-refractivity contribution in [2.45, 2.75) is 20.1 Å². The number of hydrogen-bond acceptors (Lipinski definition) is 3. The smallest absolute Gasteiger partial charge is 0.170 e. The van der Waals surface area contributed by atoms with Crippen LogP contribution in [0.3, 0.4) is 0 Å². The van der Waals surface area contributed by atoms with Gasteiger partial charge >= 0.3 is 0 Å². The average molecular weight is 334 g/mol. The van der Waals surface area contributed by atoms with Gasteiger partial charge in [-0.15, -0.1) is 0 Å². The van der Waals surface area contributed by atoms with Gasteiger partial charge in [0.2, 0.25) is 0 Å². The molecule has 2 aliphatic rings. The molecule has 2 aliphatic carbocycles. The molecule has 2 aromatic carbocycles. The van der Waals surface area contributed by atoms with Gasteiger partial charge in [0.05, 0.1) is 0 Å². The molecule has 0 atom stereocenters.